The van der Waals surface area contributed by atoms with E-state index in [2.05, 4.69) is 62.6 Å². The van der Waals surface area contributed by atoms with Gasteiger partial charge in [0.15, 0.2) is 6.73 Å². The fraction of sp³-hybridized carbons (Fsp3) is 0.280. The maximum absolute atomic E-state index is 14.0. The lowest BCUT2D eigenvalue weighted by Crippen LogP contribution is -2.47. The molecule has 6 aromatic rings. The van der Waals surface area contributed by atoms with E-state index in [1.807, 2.05) is 78.0 Å². The van der Waals surface area contributed by atoms with E-state index in [4.69, 9.17) is 24.2 Å². The maximum Gasteiger partial charge on any atom is 0.407 e. The molecule has 4 aliphatic heterocycles. The first kappa shape index (κ1) is 41.3. The molecule has 3 N–H and O–H groups in total. The number of hydrogen-bond donors (Lipinski definition) is 3. The summed E-state index contributed by atoms with van der Waals surface area (Å²) in [6, 6.07) is 30.9. The van der Waals surface area contributed by atoms with Gasteiger partial charge in [0.1, 0.15) is 23.7 Å². The highest BCUT2D eigenvalue weighted by Crippen LogP contribution is 2.42. The highest BCUT2D eigenvalue weighted by atomic mass is 16.5. The van der Waals surface area contributed by atoms with Crippen molar-refractivity contribution in [1.82, 2.24) is 35.0 Å². The molecule has 2 saturated heterocycles. The van der Waals surface area contributed by atoms with Gasteiger partial charge in [-0.15, -0.1) is 0 Å². The minimum atomic E-state index is -0.893. The number of benzene rings is 4. The summed E-state index contributed by atoms with van der Waals surface area (Å²) in [6.45, 7) is 1.47. The molecule has 4 aliphatic rings. The van der Waals surface area contributed by atoms with Crippen LogP contribution in [0, 0.1) is 0 Å². The highest BCUT2D eigenvalue weighted by molar-refractivity contribution is 6.04. The lowest BCUT2D eigenvalue weighted by Gasteiger charge is -2.29. The summed E-state index contributed by atoms with van der Waals surface area (Å²) in [4.78, 5) is 69.4. The molecule has 0 spiro atoms. The van der Waals surface area contributed by atoms with Crippen LogP contribution in [0.2, 0.25) is 0 Å². The fourth-order valence-electron chi connectivity index (χ4n) is 9.71. The van der Waals surface area contributed by atoms with Crippen molar-refractivity contribution in [2.24, 2.45) is 4.99 Å². The molecule has 2 fully saturated rings. The summed E-state index contributed by atoms with van der Waals surface area (Å²) in [5, 5.41) is 6.52. The number of rotatable bonds is 10. The van der Waals surface area contributed by atoms with Crippen molar-refractivity contribution in [3.8, 4) is 28.3 Å². The number of H-pyrrole nitrogens is 1. The Labute approximate surface area is 375 Å². The predicted molar refractivity (Wildman–Crippen MR) is 243 cm³/mol. The van der Waals surface area contributed by atoms with Crippen LogP contribution in [0.1, 0.15) is 72.7 Å². The molecule has 65 heavy (non-hydrogen) atoms. The van der Waals surface area contributed by atoms with E-state index < -0.39 is 24.3 Å². The lowest BCUT2D eigenvalue weighted by molar-refractivity contribution is -0.135. The summed E-state index contributed by atoms with van der Waals surface area (Å²) in [5.74, 6) is 1.08. The number of allylic oxidation sites excluding steroid dienone is 1. The molecule has 0 radical (unpaired) electrons. The van der Waals surface area contributed by atoms with Crippen molar-refractivity contribution in [1.29, 1.82) is 0 Å². The molecule has 330 valence electrons. The number of aromatic amines is 1. The Balaban J connectivity index is 0.836. The van der Waals surface area contributed by atoms with Crippen LogP contribution < -0.4 is 15.4 Å². The maximum atomic E-state index is 14.0. The van der Waals surface area contributed by atoms with Crippen LogP contribution in [0.3, 0.4) is 0 Å². The van der Waals surface area contributed by atoms with Gasteiger partial charge in [0.25, 0.3) is 5.91 Å². The van der Waals surface area contributed by atoms with Crippen LogP contribution in [-0.4, -0.2) is 87.4 Å². The number of likely N-dealkylation sites (tertiary alicyclic amines) is 2. The third kappa shape index (κ3) is 7.87. The van der Waals surface area contributed by atoms with Crippen molar-refractivity contribution in [3.05, 3.63) is 138 Å². The van der Waals surface area contributed by atoms with Crippen LogP contribution in [0.5, 0.6) is 5.75 Å². The van der Waals surface area contributed by atoms with Gasteiger partial charge in [-0.1, -0.05) is 72.8 Å². The number of fused-ring (bicyclic) bond motifs is 5. The molecule has 15 nitrogen and oxygen atoms in total. The van der Waals surface area contributed by atoms with E-state index >= 15 is 0 Å². The molecule has 0 saturated carbocycles. The molecule has 4 atom stereocenters. The third-order valence-electron chi connectivity index (χ3n) is 13.0. The fourth-order valence-corrected chi connectivity index (χ4v) is 9.71. The summed E-state index contributed by atoms with van der Waals surface area (Å²) in [5.41, 5.74) is 9.22. The average molecular weight is 873 g/mol. The summed E-state index contributed by atoms with van der Waals surface area (Å²) in [6.07, 6.45) is 6.15. The standard InChI is InChI=1S/C50H48N8O7/c1-63-49(61)54-44(30-11-5-3-6-12-30)47(59)56-21-9-15-40(56)37-24-35(27-51-37)32-17-19-36-42-25-34-23-33(18-20-39(34)58(42)29-65-43(36)26-32)38-28-52-46(53-38)41-16-10-22-57(41)48(60)45(55-50(62)64-2)31-13-7-4-8-14-31/h3-8,11-14,17-20,23,25-28,40-41,44-45H,9-10,15-16,21-22,24,29H2,1-2H3,(H,52,53)(H,54,61)(H,55,62)/t40-,41-,44+,45?/m0/s1. The molecule has 2 aromatic heterocycles. The number of aliphatic imine (C=N–C) groups is 1. The first-order valence-electron chi connectivity index (χ1n) is 21.9. The quantitative estimate of drug-likeness (QED) is 0.124. The van der Waals surface area contributed by atoms with Crippen molar-refractivity contribution < 1.29 is 33.4 Å². The normalized spacial score (nSPS) is 18.5. The van der Waals surface area contributed by atoms with E-state index in [0.29, 0.717) is 43.2 Å². The Bertz CT molecular complexity index is 2870. The number of nitrogens with zero attached hydrogens (tertiary/aromatic N) is 5. The van der Waals surface area contributed by atoms with Gasteiger partial charge in [-0.2, -0.15) is 0 Å². The number of carbonyl (C=O) groups excluding carboxylic acids is 4. The molecule has 4 aromatic carbocycles. The zero-order valence-corrected chi connectivity index (χ0v) is 36.0. The highest BCUT2D eigenvalue weighted by Gasteiger charge is 2.39. The molecule has 6 heterocycles. The molecule has 15 heteroatoms. The van der Waals surface area contributed by atoms with Crippen LogP contribution >= 0.6 is 0 Å². The summed E-state index contributed by atoms with van der Waals surface area (Å²) >= 11 is 0. The minimum Gasteiger partial charge on any atom is -0.472 e. The first-order valence-corrected chi connectivity index (χ1v) is 21.9. The Morgan fingerprint density at radius 1 is 0.754 bits per heavy atom. The number of imidazole rings is 1. The zero-order chi connectivity index (χ0) is 44.6. The number of ether oxygens (including phenoxy) is 3. The van der Waals surface area contributed by atoms with Crippen molar-refractivity contribution in [3.63, 3.8) is 0 Å². The average Bonchev–Trinajstić information content (AvgIpc) is 4.21. The molecule has 0 aliphatic carbocycles. The second-order valence-corrected chi connectivity index (χ2v) is 16.7. The molecule has 4 amide bonds. The Morgan fingerprint density at radius 3 is 2.05 bits per heavy atom. The van der Waals surface area contributed by atoms with Gasteiger partial charge in [0, 0.05) is 47.9 Å². The minimum absolute atomic E-state index is 0.180. The van der Waals surface area contributed by atoms with E-state index in [1.54, 1.807) is 4.90 Å². The van der Waals surface area contributed by atoms with E-state index in [-0.39, 0.29) is 23.9 Å². The van der Waals surface area contributed by atoms with Gasteiger partial charge in [-0.25, -0.2) is 14.6 Å². The van der Waals surface area contributed by atoms with Crippen molar-refractivity contribution in [2.45, 2.75) is 63.0 Å². The van der Waals surface area contributed by atoms with E-state index in [9.17, 15) is 19.2 Å². The van der Waals surface area contributed by atoms with E-state index in [1.165, 1.54) is 14.2 Å². The topological polar surface area (TPSA) is 172 Å². The smallest absolute Gasteiger partial charge is 0.407 e. The van der Waals surface area contributed by atoms with Crippen LogP contribution in [0.15, 0.2) is 121 Å². The van der Waals surface area contributed by atoms with Gasteiger partial charge < -0.3 is 44.2 Å². The van der Waals surface area contributed by atoms with Gasteiger partial charge >= 0.3 is 12.2 Å². The van der Waals surface area contributed by atoms with Gasteiger partial charge in [-0.05, 0) is 78.3 Å². The first-order chi connectivity index (χ1) is 31.8. The zero-order valence-electron chi connectivity index (χ0n) is 36.0. The summed E-state index contributed by atoms with van der Waals surface area (Å²) < 4.78 is 18.3. The largest absolute Gasteiger partial charge is 0.472 e. The SMILES string of the molecule is COC(=O)NC(C(=O)N1CCC[C@H]1c1ncc(-c2ccc3c(c2)cc2n3COc3cc(C4=CN=C([C@@H]5CCCN5C(=O)[C@H](NC(=O)OC)c5ccccc5)C4)ccc3-2)[nH]1)c1ccccc1. The van der Waals surface area contributed by atoms with Gasteiger partial charge in [0.05, 0.1) is 49.4 Å². The van der Waals surface area contributed by atoms with Crippen molar-refractivity contribution >= 4 is 46.2 Å². The second kappa shape index (κ2) is 17.5. The monoisotopic (exact) mass is 872 g/mol. The molecule has 0 bridgehead atoms. The number of nitrogens with one attached hydrogen (secondary N) is 3. The van der Waals surface area contributed by atoms with E-state index in [0.717, 1.165) is 81.7 Å². The third-order valence-corrected chi connectivity index (χ3v) is 13.0. The number of carbonyl (C=O) groups is 4. The number of hydrogen-bond acceptors (Lipinski definition) is 9. The Kier molecular flexibility index (Phi) is 11.1. The lowest BCUT2D eigenvalue weighted by atomic mass is 9.96. The Morgan fingerprint density at radius 2 is 1.38 bits per heavy atom. The number of methoxy groups -OCH3 is 2. The van der Waals surface area contributed by atoms with Gasteiger partial charge in [-0.3, -0.25) is 14.6 Å². The van der Waals surface area contributed by atoms with Crippen molar-refractivity contribution in [2.75, 3.05) is 27.3 Å². The molecule has 1 unspecified atom stereocenters. The number of amides is 4. The Hall–Kier alpha value is -7.68. The molecular formula is C50H48N8O7. The molecule has 10 rings (SSSR count). The number of aromatic nitrogens is 3. The van der Waals surface area contributed by atoms with Crippen LogP contribution in [0.4, 0.5) is 9.59 Å². The molecular weight excluding hydrogens is 825 g/mol. The van der Waals surface area contributed by atoms with Gasteiger partial charge in [0.2, 0.25) is 5.91 Å². The van der Waals surface area contributed by atoms with Crippen LogP contribution in [-0.2, 0) is 25.8 Å². The van der Waals surface area contributed by atoms with Crippen LogP contribution in [0.25, 0.3) is 39.0 Å². The predicted octanol–water partition coefficient (Wildman–Crippen LogP) is 8.08. The number of alkyl carbamates (subject to hydrolysis) is 2. The second-order valence-electron chi connectivity index (χ2n) is 16.7. The summed E-state index contributed by atoms with van der Waals surface area (Å²) in [7, 11) is 2.57.